The minimum absolute atomic E-state index is 0.00344. The summed E-state index contributed by atoms with van der Waals surface area (Å²) >= 11 is 5.89. The van der Waals surface area contributed by atoms with E-state index in [1.165, 1.54) is 0 Å². The fourth-order valence-electron chi connectivity index (χ4n) is 1.45. The van der Waals surface area contributed by atoms with Crippen molar-refractivity contribution in [1.29, 1.82) is 5.41 Å². The van der Waals surface area contributed by atoms with E-state index in [4.69, 9.17) is 22.7 Å². The molecule has 1 aromatic rings. The van der Waals surface area contributed by atoms with E-state index in [-0.39, 0.29) is 12.4 Å². The molecular formula is C12H18ClN3O. The molecule has 4 N–H and O–H groups in total. The van der Waals surface area contributed by atoms with Gasteiger partial charge in [-0.15, -0.1) is 0 Å². The molecule has 0 fully saturated rings. The van der Waals surface area contributed by atoms with E-state index in [0.717, 1.165) is 5.69 Å². The molecule has 0 radical (unpaired) electrons. The lowest BCUT2D eigenvalue weighted by molar-refractivity contribution is 0.216. The number of aliphatic hydroxyl groups excluding tert-OH is 1. The summed E-state index contributed by atoms with van der Waals surface area (Å²) in [7, 11) is 1.85. The Morgan fingerprint density at radius 2 is 2.12 bits per heavy atom. The summed E-state index contributed by atoms with van der Waals surface area (Å²) in [5.74, 6) is -0.0388. The topological polar surface area (TPSA) is 73.3 Å². The quantitative estimate of drug-likeness (QED) is 0.568. The van der Waals surface area contributed by atoms with Crippen LogP contribution in [-0.4, -0.2) is 30.1 Å². The van der Waals surface area contributed by atoms with Gasteiger partial charge in [-0.2, -0.15) is 0 Å². The van der Waals surface area contributed by atoms with Crippen LogP contribution in [-0.2, 0) is 0 Å². The maximum absolute atomic E-state index is 9.36. The first kappa shape index (κ1) is 13.8. The zero-order valence-corrected chi connectivity index (χ0v) is 11.0. The van der Waals surface area contributed by atoms with Crippen molar-refractivity contribution < 1.29 is 5.11 Å². The van der Waals surface area contributed by atoms with Crippen molar-refractivity contribution in [2.75, 3.05) is 18.6 Å². The molecule has 0 amide bonds. The van der Waals surface area contributed by atoms with Gasteiger partial charge in [0.05, 0.1) is 12.1 Å². The fourth-order valence-corrected chi connectivity index (χ4v) is 1.62. The normalized spacial score (nSPS) is 11.4. The van der Waals surface area contributed by atoms with Crippen LogP contribution >= 0.6 is 11.6 Å². The smallest absolute Gasteiger partial charge is 0.124 e. The molecule has 0 aromatic heterocycles. The van der Waals surface area contributed by atoms with Crippen LogP contribution in [0.25, 0.3) is 0 Å². The van der Waals surface area contributed by atoms with Gasteiger partial charge in [-0.3, -0.25) is 5.41 Å². The third-order valence-electron chi connectivity index (χ3n) is 2.91. The lowest BCUT2D eigenvalue weighted by Gasteiger charge is -2.37. The Morgan fingerprint density at radius 1 is 1.53 bits per heavy atom. The Bertz CT molecular complexity index is 432. The molecule has 0 saturated heterocycles. The number of rotatable bonds is 4. The third kappa shape index (κ3) is 2.90. The van der Waals surface area contributed by atoms with Gasteiger partial charge in [0, 0.05) is 23.3 Å². The summed E-state index contributed by atoms with van der Waals surface area (Å²) in [5, 5.41) is 17.5. The molecule has 0 saturated carbocycles. The van der Waals surface area contributed by atoms with Gasteiger partial charge in [-0.05, 0) is 32.0 Å². The molecule has 0 bridgehead atoms. The van der Waals surface area contributed by atoms with E-state index in [9.17, 15) is 5.11 Å². The van der Waals surface area contributed by atoms with Crippen LogP contribution in [0, 0.1) is 5.41 Å². The van der Waals surface area contributed by atoms with Gasteiger partial charge in [-0.25, -0.2) is 0 Å². The van der Waals surface area contributed by atoms with Gasteiger partial charge in [0.2, 0.25) is 0 Å². The molecule has 4 nitrogen and oxygen atoms in total. The lowest BCUT2D eigenvalue weighted by atomic mass is 10.0. The highest BCUT2D eigenvalue weighted by Gasteiger charge is 2.25. The monoisotopic (exact) mass is 255 g/mol. The molecule has 17 heavy (non-hydrogen) atoms. The number of nitrogen functional groups attached to an aromatic ring is 1. The van der Waals surface area contributed by atoms with Crippen LogP contribution in [0.5, 0.6) is 0 Å². The second-order valence-corrected chi connectivity index (χ2v) is 5.04. The molecule has 0 unspecified atom stereocenters. The zero-order chi connectivity index (χ0) is 13.2. The van der Waals surface area contributed by atoms with Gasteiger partial charge in [-0.1, -0.05) is 11.6 Å². The Labute approximate surface area is 107 Å². The maximum atomic E-state index is 9.36. The summed E-state index contributed by atoms with van der Waals surface area (Å²) in [4.78, 5) is 1.89. The van der Waals surface area contributed by atoms with Crippen LogP contribution in [0.4, 0.5) is 5.69 Å². The number of hydrogen-bond donors (Lipinski definition) is 3. The highest BCUT2D eigenvalue weighted by Crippen LogP contribution is 2.28. The van der Waals surface area contributed by atoms with Gasteiger partial charge in [0.25, 0.3) is 0 Å². The Kier molecular flexibility index (Phi) is 4.01. The first-order valence-corrected chi connectivity index (χ1v) is 5.66. The molecule has 0 spiro atoms. The molecule has 0 heterocycles. The molecule has 94 valence electrons. The predicted molar refractivity (Wildman–Crippen MR) is 72.0 cm³/mol. The molecule has 0 aliphatic rings. The number of nitrogens with one attached hydrogen (secondary N) is 1. The highest BCUT2D eigenvalue weighted by atomic mass is 35.5. The number of hydrogen-bond acceptors (Lipinski definition) is 3. The second-order valence-electron chi connectivity index (χ2n) is 4.60. The molecule has 5 heteroatoms. The summed E-state index contributed by atoms with van der Waals surface area (Å²) in [6.07, 6.45) is 0. The largest absolute Gasteiger partial charge is 0.394 e. The van der Waals surface area contributed by atoms with E-state index in [2.05, 4.69) is 0 Å². The van der Waals surface area contributed by atoms with Crippen LogP contribution in [0.15, 0.2) is 18.2 Å². The molecule has 1 aromatic carbocycles. The average molecular weight is 256 g/mol. The minimum Gasteiger partial charge on any atom is -0.394 e. The van der Waals surface area contributed by atoms with Crippen molar-refractivity contribution >= 4 is 23.1 Å². The van der Waals surface area contributed by atoms with Gasteiger partial charge >= 0.3 is 0 Å². The van der Waals surface area contributed by atoms with Crippen LogP contribution in [0.1, 0.15) is 19.4 Å². The van der Waals surface area contributed by atoms with Gasteiger partial charge in [0.1, 0.15) is 5.84 Å². The summed E-state index contributed by atoms with van der Waals surface area (Å²) in [6, 6.07) is 5.20. The fraction of sp³-hybridized carbons (Fsp3) is 0.417. The standard InChI is InChI=1S/C12H18ClN3O/c1-12(2,7-17)16(3)10-5-4-8(13)6-9(10)11(14)15/h4-6,17H,7H2,1-3H3,(H3,14,15). The van der Waals surface area contributed by atoms with Crippen LogP contribution in [0.2, 0.25) is 5.02 Å². The first-order valence-electron chi connectivity index (χ1n) is 5.28. The van der Waals surface area contributed by atoms with Crippen molar-refractivity contribution in [3.05, 3.63) is 28.8 Å². The summed E-state index contributed by atoms with van der Waals surface area (Å²) < 4.78 is 0. The number of benzene rings is 1. The van der Waals surface area contributed by atoms with E-state index in [1.54, 1.807) is 18.2 Å². The second kappa shape index (κ2) is 4.94. The van der Waals surface area contributed by atoms with Gasteiger partial charge < -0.3 is 15.7 Å². The van der Waals surface area contributed by atoms with Crippen molar-refractivity contribution in [3.8, 4) is 0 Å². The Morgan fingerprint density at radius 3 is 2.59 bits per heavy atom. The minimum atomic E-state index is -0.433. The van der Waals surface area contributed by atoms with E-state index >= 15 is 0 Å². The average Bonchev–Trinajstić information content (AvgIpc) is 2.28. The Hall–Kier alpha value is -1.26. The maximum Gasteiger partial charge on any atom is 0.124 e. The van der Waals surface area contributed by atoms with Crippen LogP contribution in [0.3, 0.4) is 0 Å². The predicted octanol–water partition coefficient (Wildman–Crippen LogP) is 1.83. The van der Waals surface area contributed by atoms with E-state index in [0.29, 0.717) is 10.6 Å². The first-order chi connectivity index (χ1) is 7.79. The molecule has 0 aliphatic heterocycles. The molecular weight excluding hydrogens is 238 g/mol. The Balaban J connectivity index is 3.26. The number of aliphatic hydroxyl groups is 1. The van der Waals surface area contributed by atoms with E-state index < -0.39 is 5.54 Å². The number of likely N-dealkylation sites (N-methyl/N-ethyl adjacent to an activating group) is 1. The lowest BCUT2D eigenvalue weighted by Crippen LogP contribution is -2.45. The SMILES string of the molecule is CN(c1ccc(Cl)cc1C(=N)N)C(C)(C)CO. The number of anilines is 1. The van der Waals surface area contributed by atoms with Crippen molar-refractivity contribution in [1.82, 2.24) is 0 Å². The van der Waals surface area contributed by atoms with Gasteiger partial charge in [0.15, 0.2) is 0 Å². The van der Waals surface area contributed by atoms with E-state index in [1.807, 2.05) is 25.8 Å². The van der Waals surface area contributed by atoms with Crippen molar-refractivity contribution in [3.63, 3.8) is 0 Å². The number of nitrogens with two attached hydrogens (primary N) is 1. The molecule has 1 rings (SSSR count). The summed E-state index contributed by atoms with van der Waals surface area (Å²) in [5.41, 5.74) is 6.46. The third-order valence-corrected chi connectivity index (χ3v) is 3.14. The zero-order valence-electron chi connectivity index (χ0n) is 10.3. The molecule has 0 atom stereocenters. The van der Waals surface area contributed by atoms with Crippen LogP contribution < -0.4 is 10.6 Å². The van der Waals surface area contributed by atoms with Crippen molar-refractivity contribution in [2.45, 2.75) is 19.4 Å². The number of halogens is 1. The van der Waals surface area contributed by atoms with Crippen molar-refractivity contribution in [2.24, 2.45) is 5.73 Å². The number of nitrogens with zero attached hydrogens (tertiary/aromatic N) is 1. The highest BCUT2D eigenvalue weighted by molar-refractivity contribution is 6.31. The number of amidine groups is 1. The molecule has 0 aliphatic carbocycles. The summed E-state index contributed by atoms with van der Waals surface area (Å²) in [6.45, 7) is 3.82.